The molecule has 0 radical (unpaired) electrons. The zero-order valence-corrected chi connectivity index (χ0v) is 17.6. The normalized spacial score (nSPS) is 11.4. The minimum Gasteiger partial charge on any atom is -0.494 e. The number of carbonyl (C=O) groups excluding carboxylic acids is 2. The first-order valence-corrected chi connectivity index (χ1v) is 10.0. The van der Waals surface area contributed by atoms with E-state index in [2.05, 4.69) is 17.6 Å². The second-order valence-electron chi connectivity index (χ2n) is 6.88. The molecule has 0 aliphatic heterocycles. The highest BCUT2D eigenvalue weighted by Gasteiger charge is 2.11. The SMILES string of the molecule is CCCCC(=O)Nc1ccc(NC(=O)c2ccc(OC(C)CC)cc2)cc1OC. The Hall–Kier alpha value is -3.02. The average molecular weight is 399 g/mol. The van der Waals surface area contributed by atoms with Crippen LogP contribution in [0.3, 0.4) is 0 Å². The number of hydrogen-bond acceptors (Lipinski definition) is 4. The lowest BCUT2D eigenvalue weighted by molar-refractivity contribution is -0.116. The van der Waals surface area contributed by atoms with Crippen molar-refractivity contribution in [2.45, 2.75) is 52.6 Å². The van der Waals surface area contributed by atoms with Gasteiger partial charge in [-0.05, 0) is 56.2 Å². The fourth-order valence-corrected chi connectivity index (χ4v) is 2.63. The first-order chi connectivity index (χ1) is 14.0. The highest BCUT2D eigenvalue weighted by Crippen LogP contribution is 2.28. The van der Waals surface area contributed by atoms with Crippen molar-refractivity contribution in [3.8, 4) is 11.5 Å². The Morgan fingerprint density at radius 2 is 1.76 bits per heavy atom. The topological polar surface area (TPSA) is 76.7 Å². The zero-order chi connectivity index (χ0) is 21.2. The number of nitrogens with one attached hydrogen (secondary N) is 2. The molecule has 0 heterocycles. The van der Waals surface area contributed by atoms with Gasteiger partial charge in [0.05, 0.1) is 18.9 Å². The summed E-state index contributed by atoms with van der Waals surface area (Å²) in [4.78, 5) is 24.5. The molecule has 0 aromatic heterocycles. The Morgan fingerprint density at radius 1 is 1.03 bits per heavy atom. The van der Waals surface area contributed by atoms with E-state index in [-0.39, 0.29) is 17.9 Å². The molecular formula is C23H30N2O4. The molecule has 0 spiro atoms. The monoisotopic (exact) mass is 398 g/mol. The summed E-state index contributed by atoms with van der Waals surface area (Å²) in [5, 5.41) is 5.69. The lowest BCUT2D eigenvalue weighted by atomic mass is 10.2. The van der Waals surface area contributed by atoms with Gasteiger partial charge in [-0.1, -0.05) is 20.3 Å². The van der Waals surface area contributed by atoms with E-state index >= 15 is 0 Å². The second-order valence-corrected chi connectivity index (χ2v) is 6.88. The fourth-order valence-electron chi connectivity index (χ4n) is 2.63. The Balaban J connectivity index is 2.03. The van der Waals surface area contributed by atoms with Crippen molar-refractivity contribution in [2.24, 2.45) is 0 Å². The summed E-state index contributed by atoms with van der Waals surface area (Å²) in [6, 6.07) is 12.2. The third kappa shape index (κ3) is 6.82. The van der Waals surface area contributed by atoms with Crippen LogP contribution in [0.1, 0.15) is 56.8 Å². The van der Waals surface area contributed by atoms with Crippen LogP contribution in [0.4, 0.5) is 11.4 Å². The molecule has 1 atom stereocenters. The number of rotatable bonds is 10. The van der Waals surface area contributed by atoms with E-state index < -0.39 is 0 Å². The maximum absolute atomic E-state index is 12.5. The number of benzene rings is 2. The second kappa shape index (κ2) is 11.1. The summed E-state index contributed by atoms with van der Waals surface area (Å²) in [5.74, 6) is 0.939. The summed E-state index contributed by atoms with van der Waals surface area (Å²) in [6.07, 6.45) is 3.31. The van der Waals surface area contributed by atoms with Crippen LogP contribution >= 0.6 is 0 Å². The number of carbonyl (C=O) groups is 2. The molecule has 6 heteroatoms. The number of hydrogen-bond donors (Lipinski definition) is 2. The van der Waals surface area contributed by atoms with Crippen LogP contribution < -0.4 is 20.1 Å². The molecule has 0 aliphatic rings. The van der Waals surface area contributed by atoms with Crippen molar-refractivity contribution >= 4 is 23.2 Å². The van der Waals surface area contributed by atoms with E-state index in [1.807, 2.05) is 13.8 Å². The molecular weight excluding hydrogens is 368 g/mol. The molecule has 2 amide bonds. The van der Waals surface area contributed by atoms with Gasteiger partial charge in [-0.15, -0.1) is 0 Å². The third-order valence-corrected chi connectivity index (χ3v) is 4.52. The van der Waals surface area contributed by atoms with Gasteiger partial charge in [0.15, 0.2) is 0 Å². The van der Waals surface area contributed by atoms with Crippen LogP contribution in [0.2, 0.25) is 0 Å². The van der Waals surface area contributed by atoms with Crippen LogP contribution in [-0.4, -0.2) is 25.0 Å². The molecule has 2 N–H and O–H groups in total. The van der Waals surface area contributed by atoms with Gasteiger partial charge in [0.25, 0.3) is 5.91 Å². The molecule has 0 bridgehead atoms. The number of methoxy groups -OCH3 is 1. The number of unbranched alkanes of at least 4 members (excludes halogenated alkanes) is 1. The smallest absolute Gasteiger partial charge is 0.255 e. The van der Waals surface area contributed by atoms with Gasteiger partial charge in [-0.25, -0.2) is 0 Å². The molecule has 2 aromatic carbocycles. The fraction of sp³-hybridized carbons (Fsp3) is 0.391. The molecule has 0 aliphatic carbocycles. The lowest BCUT2D eigenvalue weighted by Crippen LogP contribution is -2.14. The average Bonchev–Trinajstić information content (AvgIpc) is 2.73. The van der Waals surface area contributed by atoms with Crippen molar-refractivity contribution in [1.82, 2.24) is 0 Å². The predicted molar refractivity (Wildman–Crippen MR) is 116 cm³/mol. The van der Waals surface area contributed by atoms with E-state index in [1.54, 1.807) is 42.5 Å². The van der Waals surface area contributed by atoms with Crippen molar-refractivity contribution in [3.05, 3.63) is 48.0 Å². The van der Waals surface area contributed by atoms with Crippen LogP contribution in [0, 0.1) is 0 Å². The summed E-state index contributed by atoms with van der Waals surface area (Å²) < 4.78 is 11.1. The van der Waals surface area contributed by atoms with Gasteiger partial charge in [0.2, 0.25) is 5.91 Å². The van der Waals surface area contributed by atoms with Crippen LogP contribution in [0.25, 0.3) is 0 Å². The van der Waals surface area contributed by atoms with E-state index in [9.17, 15) is 9.59 Å². The summed E-state index contributed by atoms with van der Waals surface area (Å²) in [7, 11) is 1.53. The number of anilines is 2. The molecule has 1 unspecified atom stereocenters. The minimum atomic E-state index is -0.234. The van der Waals surface area contributed by atoms with Gasteiger partial charge in [-0.3, -0.25) is 9.59 Å². The molecule has 29 heavy (non-hydrogen) atoms. The van der Waals surface area contributed by atoms with Gasteiger partial charge >= 0.3 is 0 Å². The summed E-state index contributed by atoms with van der Waals surface area (Å²) in [6.45, 7) is 6.10. The molecule has 156 valence electrons. The van der Waals surface area contributed by atoms with E-state index in [0.29, 0.717) is 29.1 Å². The quantitative estimate of drug-likeness (QED) is 0.573. The predicted octanol–water partition coefficient (Wildman–Crippen LogP) is 5.25. The molecule has 2 aromatic rings. The third-order valence-electron chi connectivity index (χ3n) is 4.52. The largest absolute Gasteiger partial charge is 0.494 e. The Labute approximate surface area is 172 Å². The Kier molecular flexibility index (Phi) is 8.52. The molecule has 0 fully saturated rings. The van der Waals surface area contributed by atoms with Crippen LogP contribution in [0.15, 0.2) is 42.5 Å². The van der Waals surface area contributed by atoms with E-state index in [1.165, 1.54) is 7.11 Å². The van der Waals surface area contributed by atoms with Gasteiger partial charge in [-0.2, -0.15) is 0 Å². The molecule has 2 rings (SSSR count). The highest BCUT2D eigenvalue weighted by molar-refractivity contribution is 6.04. The number of ether oxygens (including phenoxy) is 2. The minimum absolute atomic E-state index is 0.0540. The van der Waals surface area contributed by atoms with Crippen molar-refractivity contribution < 1.29 is 19.1 Å². The van der Waals surface area contributed by atoms with Crippen molar-refractivity contribution in [2.75, 3.05) is 17.7 Å². The zero-order valence-electron chi connectivity index (χ0n) is 17.6. The summed E-state index contributed by atoms with van der Waals surface area (Å²) in [5.41, 5.74) is 1.69. The summed E-state index contributed by atoms with van der Waals surface area (Å²) >= 11 is 0. The van der Waals surface area contributed by atoms with E-state index in [4.69, 9.17) is 9.47 Å². The Bertz CT molecular complexity index is 818. The number of amides is 2. The molecule has 0 saturated carbocycles. The molecule has 0 saturated heterocycles. The van der Waals surface area contributed by atoms with E-state index in [0.717, 1.165) is 25.0 Å². The first kappa shape index (κ1) is 22.3. The van der Waals surface area contributed by atoms with Crippen molar-refractivity contribution in [3.63, 3.8) is 0 Å². The first-order valence-electron chi connectivity index (χ1n) is 10.0. The highest BCUT2D eigenvalue weighted by atomic mass is 16.5. The van der Waals surface area contributed by atoms with Gasteiger partial charge in [0.1, 0.15) is 11.5 Å². The maximum Gasteiger partial charge on any atom is 0.255 e. The van der Waals surface area contributed by atoms with Crippen molar-refractivity contribution in [1.29, 1.82) is 0 Å². The molecule has 6 nitrogen and oxygen atoms in total. The Morgan fingerprint density at radius 3 is 2.38 bits per heavy atom. The lowest BCUT2D eigenvalue weighted by Gasteiger charge is -2.14. The maximum atomic E-state index is 12.5. The van der Waals surface area contributed by atoms with Gasteiger partial charge < -0.3 is 20.1 Å². The van der Waals surface area contributed by atoms with Crippen LogP contribution in [-0.2, 0) is 4.79 Å². The van der Waals surface area contributed by atoms with Gasteiger partial charge in [0, 0.05) is 23.7 Å². The van der Waals surface area contributed by atoms with Crippen LogP contribution in [0.5, 0.6) is 11.5 Å². The standard InChI is InChI=1S/C23H30N2O4/c1-5-7-8-22(26)25-20-14-11-18(15-21(20)28-4)24-23(27)17-9-12-19(13-10-17)29-16(3)6-2/h9-16H,5-8H2,1-4H3,(H,24,27)(H,25,26).